The number of hydrogen-bond donors (Lipinski definition) is 8. The van der Waals surface area contributed by atoms with E-state index in [2.05, 4.69) is 0 Å². The van der Waals surface area contributed by atoms with Crippen LogP contribution in [0.4, 0.5) is 0 Å². The van der Waals surface area contributed by atoms with E-state index >= 15 is 0 Å². The van der Waals surface area contributed by atoms with Crippen LogP contribution < -0.4 is 45.9 Å². The molecule has 11 nitrogen and oxygen atoms in total. The predicted octanol–water partition coefficient (Wildman–Crippen LogP) is -4.82. The van der Waals surface area contributed by atoms with Crippen molar-refractivity contribution in [1.82, 2.24) is 0 Å². The van der Waals surface area contributed by atoms with Gasteiger partial charge in [-0.3, -0.25) is 28.7 Å². The van der Waals surface area contributed by atoms with Crippen molar-refractivity contribution in [3.8, 4) is 0 Å². The Kier molecular flexibility index (Phi) is 3.64. The van der Waals surface area contributed by atoms with Gasteiger partial charge in [-0.2, -0.15) is 0 Å². The van der Waals surface area contributed by atoms with E-state index in [0.717, 1.165) is 0 Å². The van der Waals surface area contributed by atoms with Gasteiger partial charge in [0.25, 0.3) is 0 Å². The minimum atomic E-state index is -1.76. The first-order valence-corrected chi connectivity index (χ1v) is 5.24. The van der Waals surface area contributed by atoms with Crippen LogP contribution in [-0.2, 0) is 14.3 Å². The van der Waals surface area contributed by atoms with Gasteiger partial charge in [0.05, 0.1) is 12.8 Å². The Balaban J connectivity index is 2.92. The van der Waals surface area contributed by atoms with Gasteiger partial charge in [0.15, 0.2) is 23.1 Å². The van der Waals surface area contributed by atoms with Gasteiger partial charge in [0.2, 0.25) is 0 Å². The lowest BCUT2D eigenvalue weighted by atomic mass is 9.96. The van der Waals surface area contributed by atoms with E-state index in [-0.39, 0.29) is 12.8 Å². The van der Waals surface area contributed by atoms with Crippen LogP contribution >= 0.6 is 0 Å². The highest BCUT2D eigenvalue weighted by Gasteiger charge is 2.51. The highest BCUT2D eigenvalue weighted by molar-refractivity contribution is 5.88. The van der Waals surface area contributed by atoms with Gasteiger partial charge < -0.3 is 26.7 Å². The summed E-state index contributed by atoms with van der Waals surface area (Å²) in [6.45, 7) is 0. The molecule has 110 valence electrons. The molecule has 0 radical (unpaired) electrons. The third-order valence-corrected chi connectivity index (χ3v) is 2.36. The van der Waals surface area contributed by atoms with Crippen molar-refractivity contribution in [2.45, 2.75) is 30.3 Å². The maximum absolute atomic E-state index is 11.6. The summed E-state index contributed by atoms with van der Waals surface area (Å²) in [7, 11) is 0. The van der Waals surface area contributed by atoms with Crippen molar-refractivity contribution < 1.29 is 14.3 Å². The Labute approximate surface area is 109 Å². The predicted molar refractivity (Wildman–Crippen MR) is 65.1 cm³/mol. The van der Waals surface area contributed by atoms with Gasteiger partial charge in [-0.15, -0.1) is 0 Å². The summed E-state index contributed by atoms with van der Waals surface area (Å²) < 4.78 is 9.96. The van der Waals surface area contributed by atoms with Crippen LogP contribution in [0, 0.1) is 0 Å². The number of carbonyl (C=O) groups is 1. The zero-order valence-electron chi connectivity index (χ0n) is 10.3. The van der Waals surface area contributed by atoms with Crippen LogP contribution in [-0.4, -0.2) is 23.4 Å². The van der Waals surface area contributed by atoms with E-state index in [1.54, 1.807) is 0 Å². The smallest absolute Gasteiger partial charge is 0.359 e. The second-order valence-electron chi connectivity index (χ2n) is 4.69. The summed E-state index contributed by atoms with van der Waals surface area (Å²) >= 11 is 0. The van der Waals surface area contributed by atoms with E-state index in [9.17, 15) is 4.79 Å². The minimum absolute atomic E-state index is 0.250. The first kappa shape index (κ1) is 15.4. The zero-order chi connectivity index (χ0) is 15.1. The molecule has 1 rings (SSSR count). The largest absolute Gasteiger partial charge is 0.439 e. The van der Waals surface area contributed by atoms with Crippen LogP contribution in [0.25, 0.3) is 0 Å². The molecule has 11 heteroatoms. The minimum Gasteiger partial charge on any atom is -0.439 e. The molecule has 0 atom stereocenters. The fraction of sp³-hybridized carbons (Fsp3) is 0.625. The number of ether oxygens (including phenoxy) is 2. The van der Waals surface area contributed by atoms with Crippen molar-refractivity contribution in [2.75, 3.05) is 0 Å². The molecule has 0 bridgehead atoms. The second-order valence-corrected chi connectivity index (χ2v) is 4.69. The van der Waals surface area contributed by atoms with Crippen molar-refractivity contribution in [3.63, 3.8) is 0 Å². The van der Waals surface area contributed by atoms with E-state index in [1.165, 1.54) is 0 Å². The van der Waals surface area contributed by atoms with Gasteiger partial charge in [0, 0.05) is 0 Å². The van der Waals surface area contributed by atoms with Gasteiger partial charge in [-0.1, -0.05) is 0 Å². The number of carbonyl (C=O) groups excluding carboxylic acids is 1. The number of hydrogen-bond acceptors (Lipinski definition) is 11. The van der Waals surface area contributed by atoms with E-state index < -0.39 is 34.9 Å². The normalized spacial score (nSPS) is 23.4. The van der Waals surface area contributed by atoms with Gasteiger partial charge in [0.1, 0.15) is 5.82 Å². The molecule has 0 aromatic heterocycles. The fourth-order valence-electron chi connectivity index (χ4n) is 1.85. The molecule has 1 saturated heterocycles. The van der Waals surface area contributed by atoms with Crippen LogP contribution in [0.3, 0.4) is 0 Å². The summed E-state index contributed by atoms with van der Waals surface area (Å²) in [5, 5.41) is 0. The van der Waals surface area contributed by atoms with E-state index in [0.29, 0.717) is 0 Å². The van der Waals surface area contributed by atoms with Gasteiger partial charge >= 0.3 is 5.97 Å². The number of nitrogens with two attached hydrogens (primary N) is 8. The van der Waals surface area contributed by atoms with Gasteiger partial charge in [-0.05, 0) is 0 Å². The van der Waals surface area contributed by atoms with Crippen molar-refractivity contribution in [2.24, 2.45) is 45.9 Å². The monoisotopic (exact) mass is 276 g/mol. The van der Waals surface area contributed by atoms with E-state index in [4.69, 9.17) is 55.3 Å². The topological polar surface area (TPSA) is 244 Å². The van der Waals surface area contributed by atoms with Crippen LogP contribution in [0.2, 0.25) is 0 Å². The maximum Gasteiger partial charge on any atom is 0.359 e. The van der Waals surface area contributed by atoms with E-state index in [1.807, 2.05) is 0 Å². The first-order chi connectivity index (χ1) is 8.36. The molecule has 0 aliphatic carbocycles. The summed E-state index contributed by atoms with van der Waals surface area (Å²) in [4.78, 5) is 11.6. The first-order valence-electron chi connectivity index (χ1n) is 5.24. The molecule has 0 saturated carbocycles. The van der Waals surface area contributed by atoms with Crippen LogP contribution in [0.1, 0.15) is 12.8 Å². The zero-order valence-corrected chi connectivity index (χ0v) is 10.3. The molecule has 0 aromatic carbocycles. The molecule has 1 fully saturated rings. The number of rotatable bonds is 2. The number of esters is 1. The van der Waals surface area contributed by atoms with Crippen LogP contribution in [0.15, 0.2) is 11.5 Å². The van der Waals surface area contributed by atoms with Gasteiger partial charge in [-0.25, -0.2) is 4.79 Å². The lowest BCUT2D eigenvalue weighted by molar-refractivity contribution is -0.244. The molecule has 0 aromatic rings. The quantitative estimate of drug-likeness (QED) is 0.135. The third-order valence-electron chi connectivity index (χ3n) is 2.36. The lowest BCUT2D eigenvalue weighted by Crippen LogP contribution is -2.75. The molecule has 0 unspecified atom stereocenters. The highest BCUT2D eigenvalue weighted by atomic mass is 16.6. The molecule has 1 aliphatic heterocycles. The Bertz CT molecular complexity index is 398. The maximum atomic E-state index is 11.6. The van der Waals surface area contributed by atoms with Crippen molar-refractivity contribution >= 4 is 5.97 Å². The highest BCUT2D eigenvalue weighted by Crippen LogP contribution is 2.31. The third kappa shape index (κ3) is 3.92. The molecule has 0 amide bonds. The standard InChI is InChI=1S/C8H20N8O3/c9-3(4(10)11)5(17)18-6(12)1-7(13,14)19-8(15,16)2-6/h1-2,9-16H2. The molecule has 19 heavy (non-hydrogen) atoms. The Morgan fingerprint density at radius 2 is 1.37 bits per heavy atom. The molecule has 1 heterocycles. The average Bonchev–Trinajstić information content (AvgIpc) is 2.08. The Morgan fingerprint density at radius 3 is 1.74 bits per heavy atom. The summed E-state index contributed by atoms with van der Waals surface area (Å²) in [5.74, 6) is -4.96. The fourth-order valence-corrected chi connectivity index (χ4v) is 1.85. The summed E-state index contributed by atoms with van der Waals surface area (Å²) in [5.41, 5.74) is 41.6. The second kappa shape index (κ2) is 4.48. The Morgan fingerprint density at radius 1 is 0.947 bits per heavy atom. The summed E-state index contributed by atoms with van der Waals surface area (Å²) in [6, 6.07) is 0. The lowest BCUT2D eigenvalue weighted by Gasteiger charge is -2.47. The molecule has 16 N–H and O–H groups in total. The van der Waals surface area contributed by atoms with Crippen molar-refractivity contribution in [1.29, 1.82) is 0 Å². The molecule has 0 spiro atoms. The average molecular weight is 276 g/mol. The summed E-state index contributed by atoms with van der Waals surface area (Å²) in [6.07, 6.45) is -0.501. The van der Waals surface area contributed by atoms with Crippen molar-refractivity contribution in [3.05, 3.63) is 11.5 Å². The molecular formula is C8H20N8O3. The van der Waals surface area contributed by atoms with Crippen LogP contribution in [0.5, 0.6) is 0 Å². The SMILES string of the molecule is NC(N)=C(N)C(=O)OC1(N)CC(N)(N)OC(N)(N)C1. The molecular weight excluding hydrogens is 256 g/mol. The Hall–Kier alpha value is -1.63. The molecule has 1 aliphatic rings.